The second kappa shape index (κ2) is 13.3. The molecule has 0 spiro atoms. The standard InChI is InChI=1S/C32H32N2O7/c1-21(18-29-23(3)40-31(33-29)25-8-6-5-7-9-25)20-39-27-12-10-24(11-13-27)22(2)34(19-30(35)36)32(37)41-28-16-14-26(38-4)15-17-28/h5-18,22H,19-20H2,1-4H3,(H,35,36)/b21-18-/t22-/m1/s1. The molecule has 0 aliphatic rings. The van der Waals surface area contributed by atoms with Crippen LogP contribution in [0, 0.1) is 6.92 Å². The first-order chi connectivity index (χ1) is 19.7. The number of nitrogens with zero attached hydrogens (tertiary/aromatic N) is 2. The van der Waals surface area contributed by atoms with Gasteiger partial charge in [-0.2, -0.15) is 0 Å². The molecule has 0 aliphatic heterocycles. The zero-order valence-corrected chi connectivity index (χ0v) is 23.4. The molecule has 1 heterocycles. The van der Waals surface area contributed by atoms with Gasteiger partial charge in [-0.25, -0.2) is 9.78 Å². The minimum Gasteiger partial charge on any atom is -0.497 e. The van der Waals surface area contributed by atoms with Gasteiger partial charge in [0.25, 0.3) is 0 Å². The molecule has 4 aromatic rings. The highest BCUT2D eigenvalue weighted by Gasteiger charge is 2.26. The SMILES string of the molecule is COc1ccc(OC(=O)N(CC(=O)O)[C@H](C)c2ccc(OC/C(C)=C\c3nc(-c4ccccc4)oc3C)cc2)cc1. The number of carboxylic acid groups (broad SMARTS) is 1. The molecule has 1 aromatic heterocycles. The van der Waals surface area contributed by atoms with Crippen LogP contribution in [-0.4, -0.2) is 47.3 Å². The summed E-state index contributed by atoms with van der Waals surface area (Å²) in [6, 6.07) is 22.8. The Morgan fingerprint density at radius 1 is 0.976 bits per heavy atom. The topological polar surface area (TPSA) is 111 Å². The molecular formula is C32H32N2O7. The number of methoxy groups -OCH3 is 1. The van der Waals surface area contributed by atoms with E-state index in [-0.39, 0.29) is 5.75 Å². The van der Waals surface area contributed by atoms with E-state index >= 15 is 0 Å². The second-order valence-electron chi connectivity index (χ2n) is 9.42. The fourth-order valence-electron chi connectivity index (χ4n) is 4.05. The number of ether oxygens (including phenoxy) is 3. The summed E-state index contributed by atoms with van der Waals surface area (Å²) >= 11 is 0. The number of hydrogen-bond donors (Lipinski definition) is 1. The molecule has 0 aliphatic carbocycles. The van der Waals surface area contributed by atoms with Crippen molar-refractivity contribution in [2.24, 2.45) is 0 Å². The maximum atomic E-state index is 12.9. The Hall–Kier alpha value is -5.05. The molecule has 1 N–H and O–H groups in total. The van der Waals surface area contributed by atoms with Crippen LogP contribution in [0.1, 0.15) is 36.9 Å². The minimum atomic E-state index is -1.15. The van der Waals surface area contributed by atoms with Crippen molar-refractivity contribution in [1.82, 2.24) is 9.88 Å². The van der Waals surface area contributed by atoms with Crippen LogP contribution in [0.5, 0.6) is 17.2 Å². The zero-order chi connectivity index (χ0) is 29.4. The van der Waals surface area contributed by atoms with Crippen LogP contribution in [0.3, 0.4) is 0 Å². The van der Waals surface area contributed by atoms with E-state index in [9.17, 15) is 14.7 Å². The Morgan fingerprint density at radius 2 is 1.61 bits per heavy atom. The lowest BCUT2D eigenvalue weighted by Gasteiger charge is -2.27. The van der Waals surface area contributed by atoms with Gasteiger partial charge in [-0.15, -0.1) is 0 Å². The number of aryl methyl sites for hydroxylation is 1. The third-order valence-corrected chi connectivity index (χ3v) is 6.34. The molecular weight excluding hydrogens is 524 g/mol. The summed E-state index contributed by atoms with van der Waals surface area (Å²) in [6.07, 6.45) is 1.16. The molecule has 0 saturated carbocycles. The zero-order valence-electron chi connectivity index (χ0n) is 23.4. The Morgan fingerprint density at radius 3 is 2.24 bits per heavy atom. The van der Waals surface area contributed by atoms with Gasteiger partial charge in [0.2, 0.25) is 5.89 Å². The molecule has 3 aromatic carbocycles. The van der Waals surface area contributed by atoms with Crippen molar-refractivity contribution in [2.45, 2.75) is 26.8 Å². The predicted octanol–water partition coefficient (Wildman–Crippen LogP) is 6.79. The highest BCUT2D eigenvalue weighted by atomic mass is 16.6. The van der Waals surface area contributed by atoms with E-state index in [1.807, 2.05) is 50.3 Å². The first-order valence-electron chi connectivity index (χ1n) is 13.0. The van der Waals surface area contributed by atoms with Crippen LogP contribution >= 0.6 is 0 Å². The molecule has 9 heteroatoms. The summed E-state index contributed by atoms with van der Waals surface area (Å²) in [4.78, 5) is 30.2. The van der Waals surface area contributed by atoms with Gasteiger partial charge in [-0.1, -0.05) is 30.3 Å². The molecule has 41 heavy (non-hydrogen) atoms. The van der Waals surface area contributed by atoms with Crippen molar-refractivity contribution < 1.29 is 33.3 Å². The molecule has 4 rings (SSSR count). The molecule has 1 atom stereocenters. The summed E-state index contributed by atoms with van der Waals surface area (Å²) < 4.78 is 22.3. The number of amides is 1. The first kappa shape index (κ1) is 28.9. The van der Waals surface area contributed by atoms with Crippen LogP contribution in [0.15, 0.2) is 88.9 Å². The molecule has 0 fully saturated rings. The molecule has 0 bridgehead atoms. The number of aliphatic carboxylic acids is 1. The summed E-state index contributed by atoms with van der Waals surface area (Å²) in [6.45, 7) is 5.38. The van der Waals surface area contributed by atoms with Crippen LogP contribution < -0.4 is 14.2 Å². The molecule has 0 saturated heterocycles. The minimum absolute atomic E-state index is 0.280. The lowest BCUT2D eigenvalue weighted by atomic mass is 10.1. The number of carbonyl (C=O) groups excluding carboxylic acids is 1. The summed E-state index contributed by atoms with van der Waals surface area (Å²) in [5.74, 6) is 1.65. The van der Waals surface area contributed by atoms with Gasteiger partial charge in [0, 0.05) is 5.56 Å². The summed E-state index contributed by atoms with van der Waals surface area (Å²) in [5, 5.41) is 9.41. The van der Waals surface area contributed by atoms with Gasteiger partial charge in [0.1, 0.15) is 41.9 Å². The first-order valence-corrected chi connectivity index (χ1v) is 13.0. The molecule has 9 nitrogen and oxygen atoms in total. The number of hydrogen-bond acceptors (Lipinski definition) is 7. The number of aromatic nitrogens is 1. The van der Waals surface area contributed by atoms with Gasteiger partial charge >= 0.3 is 12.1 Å². The van der Waals surface area contributed by atoms with E-state index in [1.165, 1.54) is 7.11 Å². The van der Waals surface area contributed by atoms with Gasteiger partial charge in [0.05, 0.1) is 13.2 Å². The van der Waals surface area contributed by atoms with Gasteiger partial charge in [-0.05, 0) is 86.5 Å². The average Bonchev–Trinajstić information content (AvgIpc) is 3.35. The number of rotatable bonds is 11. The number of benzene rings is 3. The fourth-order valence-corrected chi connectivity index (χ4v) is 4.05. The highest BCUT2D eigenvalue weighted by molar-refractivity contribution is 5.78. The Labute approximate surface area is 238 Å². The fraction of sp³-hybridized carbons (Fsp3) is 0.219. The molecule has 212 valence electrons. The molecule has 1 amide bonds. The molecule has 0 unspecified atom stereocenters. The number of oxazole rings is 1. The smallest absolute Gasteiger partial charge is 0.416 e. The van der Waals surface area contributed by atoms with Crippen molar-refractivity contribution in [3.05, 3.63) is 101 Å². The van der Waals surface area contributed by atoms with Gasteiger partial charge < -0.3 is 23.7 Å². The van der Waals surface area contributed by atoms with Crippen molar-refractivity contribution >= 4 is 18.1 Å². The number of carboxylic acids is 1. The lowest BCUT2D eigenvalue weighted by molar-refractivity contribution is -0.138. The van der Waals surface area contributed by atoms with Crippen molar-refractivity contribution in [2.75, 3.05) is 20.3 Å². The predicted molar refractivity (Wildman–Crippen MR) is 154 cm³/mol. The van der Waals surface area contributed by atoms with E-state index < -0.39 is 24.6 Å². The maximum absolute atomic E-state index is 12.9. The third-order valence-electron chi connectivity index (χ3n) is 6.34. The summed E-state index contributed by atoms with van der Waals surface area (Å²) in [5.41, 5.74) is 3.33. The quantitative estimate of drug-likeness (QED) is 0.215. The second-order valence-corrected chi connectivity index (χ2v) is 9.42. The van der Waals surface area contributed by atoms with Crippen molar-refractivity contribution in [3.8, 4) is 28.7 Å². The van der Waals surface area contributed by atoms with Crippen LogP contribution in [0.25, 0.3) is 17.5 Å². The molecule has 0 radical (unpaired) electrons. The van der Waals surface area contributed by atoms with Crippen LogP contribution in [-0.2, 0) is 4.79 Å². The van der Waals surface area contributed by atoms with E-state index in [1.54, 1.807) is 55.5 Å². The van der Waals surface area contributed by atoms with E-state index in [4.69, 9.17) is 18.6 Å². The number of carbonyl (C=O) groups is 2. The van der Waals surface area contributed by atoms with E-state index in [2.05, 4.69) is 4.98 Å². The lowest BCUT2D eigenvalue weighted by Crippen LogP contribution is -2.39. The third kappa shape index (κ3) is 7.76. The Kier molecular flexibility index (Phi) is 9.42. The summed E-state index contributed by atoms with van der Waals surface area (Å²) in [7, 11) is 1.53. The van der Waals surface area contributed by atoms with Gasteiger partial charge in [0.15, 0.2) is 0 Å². The Balaban J connectivity index is 1.38. The highest BCUT2D eigenvalue weighted by Crippen LogP contribution is 2.26. The van der Waals surface area contributed by atoms with Crippen LogP contribution in [0.2, 0.25) is 0 Å². The van der Waals surface area contributed by atoms with Crippen molar-refractivity contribution in [1.29, 1.82) is 0 Å². The van der Waals surface area contributed by atoms with Crippen molar-refractivity contribution in [3.63, 3.8) is 0 Å². The largest absolute Gasteiger partial charge is 0.497 e. The van der Waals surface area contributed by atoms with Crippen LogP contribution in [0.4, 0.5) is 4.79 Å². The normalized spacial score (nSPS) is 12.0. The monoisotopic (exact) mass is 556 g/mol. The van der Waals surface area contributed by atoms with E-state index in [0.29, 0.717) is 24.0 Å². The van der Waals surface area contributed by atoms with Gasteiger partial charge in [-0.3, -0.25) is 9.69 Å². The average molecular weight is 557 g/mol. The van der Waals surface area contributed by atoms with E-state index in [0.717, 1.165) is 33.1 Å². The maximum Gasteiger partial charge on any atom is 0.416 e. The Bertz CT molecular complexity index is 1490.